The van der Waals surface area contributed by atoms with Gasteiger partial charge in [0.25, 0.3) is 0 Å². The first-order valence-corrected chi connectivity index (χ1v) is 14.9. The van der Waals surface area contributed by atoms with Crippen LogP contribution in [0.2, 0.25) is 0 Å². The molecule has 3 aromatic rings. The average molecular weight is 527 g/mol. The zero-order chi connectivity index (χ0) is 25.6. The monoisotopic (exact) mass is 526 g/mol. The first-order valence-electron chi connectivity index (χ1n) is 13.1. The molecule has 1 amide bonds. The SMILES string of the molecule is N#Cc1cc2c(nc1SCCC(=O)Nc1sc3c(c1C#N)CCC(c1ccccc1)C3)CCCCCC2. The van der Waals surface area contributed by atoms with Crippen molar-refractivity contribution in [3.05, 3.63) is 74.8 Å². The molecule has 37 heavy (non-hydrogen) atoms. The smallest absolute Gasteiger partial charge is 0.225 e. The molecule has 1 aromatic carbocycles. The van der Waals surface area contributed by atoms with Crippen molar-refractivity contribution in [2.45, 2.75) is 75.2 Å². The molecule has 2 aliphatic rings. The van der Waals surface area contributed by atoms with Crippen LogP contribution >= 0.6 is 23.1 Å². The summed E-state index contributed by atoms with van der Waals surface area (Å²) in [4.78, 5) is 18.9. The summed E-state index contributed by atoms with van der Waals surface area (Å²) < 4.78 is 0. The van der Waals surface area contributed by atoms with Gasteiger partial charge in [-0.05, 0) is 73.6 Å². The molecular formula is C30H30N4OS2. The van der Waals surface area contributed by atoms with E-state index in [-0.39, 0.29) is 5.91 Å². The fraction of sp³-hybridized carbons (Fsp3) is 0.400. The highest BCUT2D eigenvalue weighted by molar-refractivity contribution is 7.99. The van der Waals surface area contributed by atoms with E-state index >= 15 is 0 Å². The molecule has 0 spiro atoms. The second-order valence-corrected chi connectivity index (χ2v) is 12.0. The Labute approximate surface area is 226 Å². The number of carbonyl (C=O) groups excluding carboxylic acids is 1. The van der Waals surface area contributed by atoms with Gasteiger partial charge in [0.2, 0.25) is 5.91 Å². The summed E-state index contributed by atoms with van der Waals surface area (Å²) in [6.07, 6.45) is 9.78. The van der Waals surface area contributed by atoms with E-state index in [1.165, 1.54) is 40.6 Å². The average Bonchev–Trinajstić information content (AvgIpc) is 3.25. The standard InChI is InChI=1S/C30H30N4OS2/c31-18-23-16-22-10-4-1-2-7-11-26(22)33-29(23)36-15-14-28(35)34-30-25(19-32)24-13-12-21(17-27(24)37-30)20-8-5-3-6-9-20/h3,5-6,8-9,16,21H,1-2,4,7,10-15,17H2,(H,34,35). The number of pyridine rings is 1. The van der Waals surface area contributed by atoms with Gasteiger partial charge in [0.1, 0.15) is 22.2 Å². The molecule has 5 nitrogen and oxygen atoms in total. The Morgan fingerprint density at radius 2 is 1.89 bits per heavy atom. The molecule has 0 fully saturated rings. The number of rotatable bonds is 6. The van der Waals surface area contributed by atoms with Gasteiger partial charge in [-0.1, -0.05) is 43.2 Å². The second kappa shape index (κ2) is 11.9. The van der Waals surface area contributed by atoms with Crippen LogP contribution in [0.5, 0.6) is 0 Å². The van der Waals surface area contributed by atoms with Crippen LogP contribution in [0.25, 0.3) is 0 Å². The van der Waals surface area contributed by atoms with Gasteiger partial charge in [-0.15, -0.1) is 23.1 Å². The summed E-state index contributed by atoms with van der Waals surface area (Å²) in [5.74, 6) is 0.882. The molecule has 1 atom stereocenters. The van der Waals surface area contributed by atoms with Gasteiger partial charge in [0.15, 0.2) is 0 Å². The summed E-state index contributed by atoms with van der Waals surface area (Å²) in [6, 6.07) is 17.2. The highest BCUT2D eigenvalue weighted by Gasteiger charge is 2.27. The van der Waals surface area contributed by atoms with Crippen LogP contribution in [-0.2, 0) is 30.5 Å². The van der Waals surface area contributed by atoms with E-state index < -0.39 is 0 Å². The molecule has 0 aliphatic heterocycles. The summed E-state index contributed by atoms with van der Waals surface area (Å²) in [5.41, 5.74) is 5.99. The van der Waals surface area contributed by atoms with Crippen molar-refractivity contribution >= 4 is 34.0 Å². The topological polar surface area (TPSA) is 89.6 Å². The molecule has 0 saturated heterocycles. The lowest BCUT2D eigenvalue weighted by molar-refractivity contribution is -0.115. The number of carbonyl (C=O) groups is 1. The summed E-state index contributed by atoms with van der Waals surface area (Å²) in [6.45, 7) is 0. The minimum atomic E-state index is -0.105. The normalized spacial score (nSPS) is 16.9. The van der Waals surface area contributed by atoms with Crippen molar-refractivity contribution in [1.82, 2.24) is 4.98 Å². The number of nitriles is 2. The van der Waals surface area contributed by atoms with Gasteiger partial charge in [0.05, 0.1) is 11.1 Å². The molecule has 1 N–H and O–H groups in total. The van der Waals surface area contributed by atoms with Gasteiger partial charge in [-0.25, -0.2) is 4.98 Å². The Kier molecular flexibility index (Phi) is 8.24. The van der Waals surface area contributed by atoms with E-state index in [0.717, 1.165) is 61.2 Å². The lowest BCUT2D eigenvalue weighted by Crippen LogP contribution is -2.13. The van der Waals surface area contributed by atoms with Crippen molar-refractivity contribution < 1.29 is 4.79 Å². The Morgan fingerprint density at radius 1 is 1.08 bits per heavy atom. The number of hydrogen-bond donors (Lipinski definition) is 1. The fourth-order valence-electron chi connectivity index (χ4n) is 5.39. The largest absolute Gasteiger partial charge is 0.317 e. The van der Waals surface area contributed by atoms with Gasteiger partial charge in [-0.2, -0.15) is 10.5 Å². The lowest BCUT2D eigenvalue weighted by atomic mass is 9.83. The molecule has 188 valence electrons. The fourth-order valence-corrected chi connectivity index (χ4v) is 7.60. The Hall–Kier alpha value is -3.13. The van der Waals surface area contributed by atoms with Crippen LogP contribution in [0.3, 0.4) is 0 Å². The summed E-state index contributed by atoms with van der Waals surface area (Å²) in [7, 11) is 0. The molecule has 0 bridgehead atoms. The third-order valence-corrected chi connectivity index (χ3v) is 9.52. The Morgan fingerprint density at radius 3 is 2.68 bits per heavy atom. The second-order valence-electron chi connectivity index (χ2n) is 9.79. The highest BCUT2D eigenvalue weighted by atomic mass is 32.2. The number of hydrogen-bond acceptors (Lipinski definition) is 6. The molecule has 2 aliphatic carbocycles. The van der Waals surface area contributed by atoms with Gasteiger partial charge < -0.3 is 5.32 Å². The zero-order valence-electron chi connectivity index (χ0n) is 20.9. The van der Waals surface area contributed by atoms with Crippen molar-refractivity contribution in [1.29, 1.82) is 10.5 Å². The van der Waals surface area contributed by atoms with Crippen LogP contribution in [0.4, 0.5) is 5.00 Å². The van der Waals surface area contributed by atoms with Crippen LogP contribution in [0.15, 0.2) is 41.4 Å². The van der Waals surface area contributed by atoms with Gasteiger partial charge in [-0.3, -0.25) is 4.79 Å². The molecule has 5 rings (SSSR count). The maximum atomic E-state index is 12.8. The van der Waals surface area contributed by atoms with E-state index in [0.29, 0.717) is 34.2 Å². The quantitative estimate of drug-likeness (QED) is 0.351. The van der Waals surface area contributed by atoms with E-state index in [4.69, 9.17) is 4.98 Å². The predicted octanol–water partition coefficient (Wildman–Crippen LogP) is 6.94. The Bertz CT molecular complexity index is 1370. The number of nitrogens with one attached hydrogen (secondary N) is 1. The lowest BCUT2D eigenvalue weighted by Gasteiger charge is -2.22. The number of thioether (sulfide) groups is 1. The number of fused-ring (bicyclic) bond motifs is 2. The molecule has 2 aromatic heterocycles. The van der Waals surface area contributed by atoms with Gasteiger partial charge >= 0.3 is 0 Å². The highest BCUT2D eigenvalue weighted by Crippen LogP contribution is 2.42. The third-order valence-electron chi connectivity index (χ3n) is 7.36. The number of amides is 1. The van der Waals surface area contributed by atoms with Crippen LogP contribution < -0.4 is 5.32 Å². The number of thiophene rings is 1. The van der Waals surface area contributed by atoms with Crippen LogP contribution in [-0.4, -0.2) is 16.6 Å². The van der Waals surface area contributed by atoms with Crippen LogP contribution in [0.1, 0.15) is 82.8 Å². The van der Waals surface area contributed by atoms with E-state index in [1.807, 2.05) is 12.1 Å². The maximum absolute atomic E-state index is 12.8. The zero-order valence-corrected chi connectivity index (χ0v) is 22.5. The van der Waals surface area contributed by atoms with Crippen molar-refractivity contribution in [3.63, 3.8) is 0 Å². The van der Waals surface area contributed by atoms with Crippen molar-refractivity contribution in [2.75, 3.05) is 11.1 Å². The summed E-state index contributed by atoms with van der Waals surface area (Å²) >= 11 is 3.03. The van der Waals surface area contributed by atoms with Gasteiger partial charge in [0, 0.05) is 22.7 Å². The third kappa shape index (κ3) is 5.90. The van der Waals surface area contributed by atoms with E-state index in [2.05, 4.69) is 41.7 Å². The molecule has 2 heterocycles. The number of anilines is 1. The van der Waals surface area contributed by atoms with E-state index in [1.54, 1.807) is 11.3 Å². The minimum absolute atomic E-state index is 0.105. The number of aryl methyl sites for hydroxylation is 2. The molecule has 1 unspecified atom stereocenters. The molecule has 7 heteroatoms. The number of benzene rings is 1. The van der Waals surface area contributed by atoms with E-state index in [9.17, 15) is 15.3 Å². The maximum Gasteiger partial charge on any atom is 0.225 e. The molecule has 0 radical (unpaired) electrons. The van der Waals surface area contributed by atoms with Crippen molar-refractivity contribution in [2.24, 2.45) is 0 Å². The predicted molar refractivity (Wildman–Crippen MR) is 149 cm³/mol. The number of aromatic nitrogens is 1. The minimum Gasteiger partial charge on any atom is -0.317 e. The van der Waals surface area contributed by atoms with Crippen LogP contribution in [0, 0.1) is 22.7 Å². The number of nitrogens with zero attached hydrogens (tertiary/aromatic N) is 3. The van der Waals surface area contributed by atoms with Crippen molar-refractivity contribution in [3.8, 4) is 12.1 Å². The first-order chi connectivity index (χ1) is 18.2. The Balaban J connectivity index is 1.22. The molecular weight excluding hydrogens is 496 g/mol. The first kappa shape index (κ1) is 25.5. The summed E-state index contributed by atoms with van der Waals surface area (Å²) in [5, 5.41) is 23.9. The molecule has 0 saturated carbocycles.